The zero-order chi connectivity index (χ0) is 21.0. The van der Waals surface area contributed by atoms with Gasteiger partial charge in [0.05, 0.1) is 17.2 Å². The summed E-state index contributed by atoms with van der Waals surface area (Å²) in [4.78, 5) is 15.7. The van der Waals surface area contributed by atoms with Gasteiger partial charge in [-0.3, -0.25) is 0 Å². The molecular weight excluding hydrogens is 386 g/mol. The number of phenols is 2. The van der Waals surface area contributed by atoms with Crippen LogP contribution >= 0.6 is 0 Å². The molecule has 0 bridgehead atoms. The van der Waals surface area contributed by atoms with Crippen LogP contribution < -0.4 is 4.74 Å². The van der Waals surface area contributed by atoms with Gasteiger partial charge in [0.2, 0.25) is 0 Å². The molecular formula is C22H15N3O5. The Kier molecular flexibility index (Phi) is 3.68. The third kappa shape index (κ3) is 2.28. The van der Waals surface area contributed by atoms with E-state index < -0.39 is 17.6 Å². The molecule has 2 atom stereocenters. The highest BCUT2D eigenvalue weighted by Gasteiger charge is 2.54. The quantitative estimate of drug-likeness (QED) is 0.269. The van der Waals surface area contributed by atoms with E-state index in [1.807, 2.05) is 0 Å². The maximum Gasteiger partial charge on any atom is 0.340 e. The molecule has 0 aliphatic carbocycles. The van der Waals surface area contributed by atoms with Crippen molar-refractivity contribution in [2.24, 2.45) is 5.11 Å². The lowest BCUT2D eigenvalue weighted by atomic mass is 9.75. The summed E-state index contributed by atoms with van der Waals surface area (Å²) in [5.74, 6) is -0.0894. The Morgan fingerprint density at radius 3 is 2.60 bits per heavy atom. The molecule has 30 heavy (non-hydrogen) atoms. The number of nitrogens with zero attached hydrogens (tertiary/aromatic N) is 3. The van der Waals surface area contributed by atoms with E-state index in [1.165, 1.54) is 24.3 Å². The van der Waals surface area contributed by atoms with Crippen LogP contribution in [0.4, 0.5) is 0 Å². The van der Waals surface area contributed by atoms with Gasteiger partial charge in [-0.2, -0.15) is 0 Å². The fraction of sp³-hybridized carbons (Fsp3) is 0.136. The van der Waals surface area contributed by atoms with Crippen LogP contribution in [0.5, 0.6) is 23.0 Å². The van der Waals surface area contributed by atoms with E-state index in [2.05, 4.69) is 10.0 Å². The topological polar surface area (TPSA) is 125 Å². The summed E-state index contributed by atoms with van der Waals surface area (Å²) < 4.78 is 12.0. The van der Waals surface area contributed by atoms with E-state index in [0.29, 0.717) is 33.6 Å². The van der Waals surface area contributed by atoms with Crippen LogP contribution in [0.1, 0.15) is 45.6 Å². The van der Waals surface area contributed by atoms with Crippen LogP contribution in [-0.4, -0.2) is 16.2 Å². The van der Waals surface area contributed by atoms with Crippen molar-refractivity contribution in [3.05, 3.63) is 92.9 Å². The fourth-order valence-corrected chi connectivity index (χ4v) is 4.29. The highest BCUT2D eigenvalue weighted by atomic mass is 16.6. The Morgan fingerprint density at radius 1 is 1.03 bits per heavy atom. The zero-order valence-electron chi connectivity index (χ0n) is 15.7. The van der Waals surface area contributed by atoms with Crippen LogP contribution in [0.15, 0.2) is 59.7 Å². The summed E-state index contributed by atoms with van der Waals surface area (Å²) in [6.07, 6.45) is 0. The van der Waals surface area contributed by atoms with Gasteiger partial charge in [0, 0.05) is 28.2 Å². The molecule has 8 nitrogen and oxygen atoms in total. The van der Waals surface area contributed by atoms with Gasteiger partial charge in [0.25, 0.3) is 0 Å². The molecule has 8 heteroatoms. The lowest BCUT2D eigenvalue weighted by Gasteiger charge is -2.38. The summed E-state index contributed by atoms with van der Waals surface area (Å²) >= 11 is 0. The van der Waals surface area contributed by atoms with E-state index in [9.17, 15) is 15.0 Å². The monoisotopic (exact) mass is 401 g/mol. The number of rotatable bonds is 2. The van der Waals surface area contributed by atoms with Crippen LogP contribution in [-0.2, 0) is 10.3 Å². The van der Waals surface area contributed by atoms with Gasteiger partial charge >= 0.3 is 5.97 Å². The van der Waals surface area contributed by atoms with Crippen molar-refractivity contribution >= 4 is 5.97 Å². The largest absolute Gasteiger partial charge is 0.508 e. The van der Waals surface area contributed by atoms with Crippen molar-refractivity contribution in [1.29, 1.82) is 0 Å². The van der Waals surface area contributed by atoms with Gasteiger partial charge in [-0.05, 0) is 35.4 Å². The van der Waals surface area contributed by atoms with Gasteiger partial charge in [-0.1, -0.05) is 30.2 Å². The number of azide groups is 1. The lowest BCUT2D eigenvalue weighted by Crippen LogP contribution is -2.34. The highest BCUT2D eigenvalue weighted by molar-refractivity contribution is 5.97. The maximum absolute atomic E-state index is 12.9. The minimum Gasteiger partial charge on any atom is -0.508 e. The van der Waals surface area contributed by atoms with Crippen molar-refractivity contribution in [3.63, 3.8) is 0 Å². The van der Waals surface area contributed by atoms with E-state index in [-0.39, 0.29) is 17.2 Å². The molecule has 148 valence electrons. The van der Waals surface area contributed by atoms with Crippen LogP contribution in [0, 0.1) is 0 Å². The molecule has 2 unspecified atom stereocenters. The molecule has 0 saturated carbocycles. The Balaban J connectivity index is 1.94. The second-order valence-electron chi connectivity index (χ2n) is 7.19. The third-order valence-corrected chi connectivity index (χ3v) is 5.48. The number of ether oxygens (including phenoxy) is 2. The molecule has 2 heterocycles. The first kappa shape index (κ1) is 17.9. The Labute approximate surface area is 170 Å². The Morgan fingerprint density at radius 2 is 1.80 bits per heavy atom. The standard InChI is InChI=1S/C22H15N3O5/c1-11(24-25-23)15-8-13(27)10-19-20(15)22(17-7-6-12(26)9-18(17)29-19)16-5-3-2-4-14(16)21(28)30-22/h2-11,26-27H,1H3. The number of fused-ring (bicyclic) bond motifs is 6. The second-order valence-corrected chi connectivity index (χ2v) is 7.19. The molecule has 1 spiro atoms. The molecule has 3 aromatic rings. The summed E-state index contributed by atoms with van der Waals surface area (Å²) in [6.45, 7) is 1.68. The van der Waals surface area contributed by atoms with E-state index in [1.54, 1.807) is 37.3 Å². The van der Waals surface area contributed by atoms with Crippen molar-refractivity contribution in [2.75, 3.05) is 0 Å². The maximum atomic E-state index is 12.9. The number of phenolic OH excluding ortho intramolecular Hbond substituents is 2. The zero-order valence-corrected chi connectivity index (χ0v) is 15.7. The number of aromatic hydroxyl groups is 2. The number of carbonyl (C=O) groups excluding carboxylic acids is 1. The van der Waals surface area contributed by atoms with Crippen LogP contribution in [0.3, 0.4) is 0 Å². The molecule has 3 aromatic carbocycles. The van der Waals surface area contributed by atoms with Crippen LogP contribution in [0.25, 0.3) is 10.4 Å². The van der Waals surface area contributed by atoms with Crippen molar-refractivity contribution in [2.45, 2.75) is 18.6 Å². The van der Waals surface area contributed by atoms with E-state index in [0.717, 1.165) is 0 Å². The molecule has 0 amide bonds. The minimum atomic E-state index is -1.38. The molecule has 0 aromatic heterocycles. The van der Waals surface area contributed by atoms with Crippen molar-refractivity contribution in [3.8, 4) is 23.0 Å². The molecule has 2 aliphatic heterocycles. The summed E-state index contributed by atoms with van der Waals surface area (Å²) in [5, 5.41) is 24.1. The number of hydrogen-bond acceptors (Lipinski definition) is 6. The lowest BCUT2D eigenvalue weighted by molar-refractivity contribution is 0.0220. The van der Waals surface area contributed by atoms with Crippen molar-refractivity contribution in [1.82, 2.24) is 0 Å². The summed E-state index contributed by atoms with van der Waals surface area (Å²) in [6, 6.07) is 13.8. The SMILES string of the molecule is CC(N=[N+]=[N-])c1cc(O)cc2c1C1(OC(=O)c3ccccc31)c1ccc(O)cc1O2. The predicted octanol–water partition coefficient (Wildman–Crippen LogP) is 5.04. The molecule has 2 N–H and O–H groups in total. The first-order valence-electron chi connectivity index (χ1n) is 9.21. The molecule has 2 aliphatic rings. The second kappa shape index (κ2) is 6.17. The number of benzene rings is 3. The number of carbonyl (C=O) groups is 1. The molecule has 0 saturated heterocycles. The third-order valence-electron chi connectivity index (χ3n) is 5.48. The molecule has 5 rings (SSSR count). The van der Waals surface area contributed by atoms with Crippen LogP contribution in [0.2, 0.25) is 0 Å². The van der Waals surface area contributed by atoms with E-state index in [4.69, 9.17) is 15.0 Å². The number of esters is 1. The Hall–Kier alpha value is -4.16. The molecule has 0 fully saturated rings. The predicted molar refractivity (Wildman–Crippen MR) is 106 cm³/mol. The smallest absolute Gasteiger partial charge is 0.340 e. The van der Waals surface area contributed by atoms with Gasteiger partial charge in [-0.15, -0.1) is 0 Å². The van der Waals surface area contributed by atoms with E-state index >= 15 is 0 Å². The Bertz CT molecular complexity index is 1280. The van der Waals surface area contributed by atoms with Gasteiger partial charge in [0.1, 0.15) is 23.0 Å². The van der Waals surface area contributed by atoms with Gasteiger partial charge in [-0.25, -0.2) is 4.79 Å². The number of hydrogen-bond donors (Lipinski definition) is 2. The summed E-state index contributed by atoms with van der Waals surface area (Å²) in [5.41, 5.74) is 10.0. The first-order chi connectivity index (χ1) is 14.5. The average molecular weight is 401 g/mol. The normalized spacial score (nSPS) is 19.0. The highest BCUT2D eigenvalue weighted by Crippen LogP contribution is 2.58. The fourth-order valence-electron chi connectivity index (χ4n) is 4.29. The first-order valence-corrected chi connectivity index (χ1v) is 9.21. The molecule has 0 radical (unpaired) electrons. The van der Waals surface area contributed by atoms with Gasteiger partial charge < -0.3 is 19.7 Å². The average Bonchev–Trinajstić information content (AvgIpc) is 3.00. The summed E-state index contributed by atoms with van der Waals surface area (Å²) in [7, 11) is 0. The minimum absolute atomic E-state index is 0.0206. The van der Waals surface area contributed by atoms with Gasteiger partial charge in [0.15, 0.2) is 5.60 Å². The van der Waals surface area contributed by atoms with Crippen molar-refractivity contribution < 1.29 is 24.5 Å².